The quantitative estimate of drug-likeness (QED) is 0.857. The van der Waals surface area contributed by atoms with Gasteiger partial charge in [-0.25, -0.2) is 0 Å². The van der Waals surface area contributed by atoms with E-state index in [1.165, 1.54) is 17.7 Å². The van der Waals surface area contributed by atoms with Crippen molar-refractivity contribution in [2.75, 3.05) is 14.2 Å². The average molecular weight is 332 g/mol. The molecule has 1 unspecified atom stereocenters. The Morgan fingerprint density at radius 1 is 1.13 bits per heavy atom. The number of ether oxygens (including phenoxy) is 1. The van der Waals surface area contributed by atoms with Crippen molar-refractivity contribution in [3.8, 4) is 5.75 Å². The molecule has 2 heterocycles. The number of hydrogen-bond donors (Lipinski definition) is 0. The number of carbonyl (C=O) groups excluding carboxylic acids is 2. The number of aromatic nitrogens is 1. The third kappa shape index (κ3) is 2.50. The zero-order chi connectivity index (χ0) is 16.7. The summed E-state index contributed by atoms with van der Waals surface area (Å²) in [7, 11) is 4.73. The predicted octanol–water partition coefficient (Wildman–Crippen LogP) is 1.78. The number of benzene rings is 1. The van der Waals surface area contributed by atoms with Crippen LogP contribution in [-0.4, -0.2) is 40.0 Å². The number of carbonyl (C=O) groups is 2. The first-order chi connectivity index (χ1) is 10.9. The summed E-state index contributed by atoms with van der Waals surface area (Å²) in [6, 6.07) is 6.90. The molecule has 3 rings (SSSR count). The van der Waals surface area contributed by atoms with E-state index in [9.17, 15) is 14.4 Å². The van der Waals surface area contributed by atoms with Gasteiger partial charge < -0.3 is 9.30 Å². The Labute approximate surface area is 137 Å². The Kier molecular flexibility index (Phi) is 3.89. The highest BCUT2D eigenvalue weighted by Gasteiger charge is 2.37. The number of pyridine rings is 1. The van der Waals surface area contributed by atoms with Gasteiger partial charge >= 0.3 is 0 Å². The van der Waals surface area contributed by atoms with Crippen LogP contribution in [0.2, 0.25) is 0 Å². The van der Waals surface area contributed by atoms with Crippen LogP contribution in [0.1, 0.15) is 5.56 Å². The average Bonchev–Trinajstić information content (AvgIpc) is 2.78. The third-order valence-electron chi connectivity index (χ3n) is 4.08. The van der Waals surface area contributed by atoms with Crippen LogP contribution in [0.5, 0.6) is 5.75 Å². The molecule has 0 saturated carbocycles. The van der Waals surface area contributed by atoms with Gasteiger partial charge in [-0.15, -0.1) is 0 Å². The number of thioether (sulfide) groups is 1. The van der Waals surface area contributed by atoms with Crippen molar-refractivity contribution in [1.82, 2.24) is 9.47 Å². The van der Waals surface area contributed by atoms with E-state index in [0.29, 0.717) is 17.7 Å². The summed E-state index contributed by atoms with van der Waals surface area (Å²) in [6.45, 7) is 0. The molecule has 2 aromatic rings. The van der Waals surface area contributed by atoms with Gasteiger partial charge in [0.1, 0.15) is 5.75 Å². The first-order valence-corrected chi connectivity index (χ1v) is 7.95. The minimum atomic E-state index is -0.429. The zero-order valence-electron chi connectivity index (χ0n) is 13.0. The van der Waals surface area contributed by atoms with Crippen LogP contribution in [-0.2, 0) is 18.3 Å². The van der Waals surface area contributed by atoms with E-state index in [1.807, 2.05) is 6.07 Å². The third-order valence-corrected chi connectivity index (χ3v) is 5.21. The molecule has 0 aliphatic carbocycles. The maximum Gasteiger partial charge on any atom is 0.288 e. The second-order valence-electron chi connectivity index (χ2n) is 5.39. The molecular weight excluding hydrogens is 316 g/mol. The molecule has 6 nitrogen and oxygen atoms in total. The molecule has 1 aromatic carbocycles. The highest BCUT2D eigenvalue weighted by atomic mass is 32.2. The molecule has 1 saturated heterocycles. The molecule has 23 heavy (non-hydrogen) atoms. The second kappa shape index (κ2) is 5.73. The van der Waals surface area contributed by atoms with Crippen LogP contribution in [0.4, 0.5) is 4.79 Å². The van der Waals surface area contributed by atoms with Gasteiger partial charge in [0.15, 0.2) is 0 Å². The van der Waals surface area contributed by atoms with Gasteiger partial charge in [0.25, 0.3) is 10.8 Å². The van der Waals surface area contributed by atoms with Crippen molar-refractivity contribution in [3.05, 3.63) is 40.2 Å². The van der Waals surface area contributed by atoms with Crippen molar-refractivity contribution < 1.29 is 14.3 Å². The Balaban J connectivity index is 2.10. The first kappa shape index (κ1) is 15.6. The number of methoxy groups -OCH3 is 1. The zero-order valence-corrected chi connectivity index (χ0v) is 13.8. The molecule has 2 amide bonds. The number of rotatable bonds is 3. The minimum absolute atomic E-state index is 0.130. The lowest BCUT2D eigenvalue weighted by atomic mass is 10.0. The van der Waals surface area contributed by atoms with E-state index in [1.54, 1.807) is 26.3 Å². The standard InChI is InChI=1S/C16H16N2O4S/c1-17-13(19)7-5-10-9(4-6-11(22-3)14(10)17)8-12-15(20)18(2)16(21)23-12/h4-7,12H,8H2,1-3H3. The Bertz CT molecular complexity index is 874. The maximum absolute atomic E-state index is 12.1. The number of aryl methyl sites for hydroxylation is 1. The molecule has 1 fully saturated rings. The number of nitrogens with zero attached hydrogens (tertiary/aromatic N) is 2. The topological polar surface area (TPSA) is 68.6 Å². The van der Waals surface area contributed by atoms with Gasteiger partial charge in [-0.05, 0) is 24.1 Å². The fourth-order valence-electron chi connectivity index (χ4n) is 2.77. The molecule has 1 aromatic heterocycles. The van der Waals surface area contributed by atoms with Crippen LogP contribution in [0.25, 0.3) is 10.9 Å². The number of hydrogen-bond acceptors (Lipinski definition) is 5. The van der Waals surface area contributed by atoms with Crippen molar-refractivity contribution in [1.29, 1.82) is 0 Å². The summed E-state index contributed by atoms with van der Waals surface area (Å²) in [6.07, 6.45) is 0.429. The summed E-state index contributed by atoms with van der Waals surface area (Å²) in [5, 5.41) is 0.188. The van der Waals surface area contributed by atoms with Gasteiger partial charge in [-0.1, -0.05) is 17.8 Å². The molecular formula is C16H16N2O4S. The first-order valence-electron chi connectivity index (χ1n) is 7.08. The largest absolute Gasteiger partial charge is 0.495 e. The molecule has 7 heteroatoms. The van der Waals surface area contributed by atoms with Gasteiger partial charge in [0, 0.05) is 25.5 Å². The van der Waals surface area contributed by atoms with Crippen LogP contribution < -0.4 is 10.3 Å². The van der Waals surface area contributed by atoms with Gasteiger partial charge in [-0.3, -0.25) is 19.3 Å². The lowest BCUT2D eigenvalue weighted by molar-refractivity contribution is -0.125. The van der Waals surface area contributed by atoms with Crippen LogP contribution in [0, 0.1) is 0 Å². The fraction of sp³-hybridized carbons (Fsp3) is 0.312. The Hall–Kier alpha value is -2.28. The second-order valence-corrected chi connectivity index (χ2v) is 6.55. The van der Waals surface area contributed by atoms with Crippen LogP contribution >= 0.6 is 11.8 Å². The smallest absolute Gasteiger partial charge is 0.288 e. The van der Waals surface area contributed by atoms with Crippen molar-refractivity contribution >= 4 is 33.8 Å². The van der Waals surface area contributed by atoms with E-state index in [4.69, 9.17) is 4.74 Å². The van der Waals surface area contributed by atoms with E-state index >= 15 is 0 Å². The molecule has 0 spiro atoms. The Morgan fingerprint density at radius 3 is 2.48 bits per heavy atom. The lowest BCUT2D eigenvalue weighted by Crippen LogP contribution is -2.28. The number of fused-ring (bicyclic) bond motifs is 1. The van der Waals surface area contributed by atoms with Crippen molar-refractivity contribution in [2.24, 2.45) is 7.05 Å². The van der Waals surface area contributed by atoms with Crippen molar-refractivity contribution in [3.63, 3.8) is 0 Å². The lowest BCUT2D eigenvalue weighted by Gasteiger charge is -2.14. The summed E-state index contributed by atoms with van der Waals surface area (Å²) >= 11 is 1.04. The minimum Gasteiger partial charge on any atom is -0.495 e. The van der Waals surface area contributed by atoms with E-state index < -0.39 is 5.25 Å². The molecule has 1 atom stereocenters. The number of imide groups is 1. The molecule has 0 bridgehead atoms. The SMILES string of the molecule is COc1ccc(CC2SC(=O)N(C)C2=O)c2ccc(=O)n(C)c12. The normalized spacial score (nSPS) is 18.0. The summed E-state index contributed by atoms with van der Waals surface area (Å²) in [5.41, 5.74) is 1.46. The van der Waals surface area contributed by atoms with E-state index in [2.05, 4.69) is 0 Å². The van der Waals surface area contributed by atoms with Gasteiger partial charge in [-0.2, -0.15) is 0 Å². The monoisotopic (exact) mass is 332 g/mol. The molecule has 0 N–H and O–H groups in total. The van der Waals surface area contributed by atoms with Gasteiger partial charge in [0.05, 0.1) is 17.9 Å². The van der Waals surface area contributed by atoms with Crippen molar-refractivity contribution in [2.45, 2.75) is 11.7 Å². The summed E-state index contributed by atoms with van der Waals surface area (Å²) in [5.74, 6) is 0.413. The van der Waals surface area contributed by atoms with Crippen LogP contribution in [0.15, 0.2) is 29.1 Å². The molecule has 120 valence electrons. The summed E-state index contributed by atoms with van der Waals surface area (Å²) < 4.78 is 6.88. The molecule has 1 aliphatic heterocycles. The van der Waals surface area contributed by atoms with Crippen LogP contribution in [0.3, 0.4) is 0 Å². The highest BCUT2D eigenvalue weighted by Crippen LogP contribution is 2.32. The van der Waals surface area contributed by atoms with E-state index in [0.717, 1.165) is 27.6 Å². The Morgan fingerprint density at radius 2 is 1.87 bits per heavy atom. The molecule has 0 radical (unpaired) electrons. The molecule has 1 aliphatic rings. The maximum atomic E-state index is 12.1. The highest BCUT2D eigenvalue weighted by molar-refractivity contribution is 8.15. The van der Waals surface area contributed by atoms with Gasteiger partial charge in [0.2, 0.25) is 5.91 Å². The fourth-order valence-corrected chi connectivity index (χ4v) is 3.78. The summed E-state index contributed by atoms with van der Waals surface area (Å²) in [4.78, 5) is 36.8. The van der Waals surface area contributed by atoms with E-state index in [-0.39, 0.29) is 16.7 Å². The predicted molar refractivity (Wildman–Crippen MR) is 89.0 cm³/mol. The number of amides is 2.